The highest BCUT2D eigenvalue weighted by Gasteiger charge is 2.26. The van der Waals surface area contributed by atoms with Crippen molar-refractivity contribution in [3.8, 4) is 16.1 Å². The van der Waals surface area contributed by atoms with E-state index in [1.54, 1.807) is 54.6 Å². The molecule has 1 saturated heterocycles. The van der Waals surface area contributed by atoms with Gasteiger partial charge in [-0.1, -0.05) is 36.4 Å². The van der Waals surface area contributed by atoms with E-state index in [1.165, 1.54) is 29.1 Å². The van der Waals surface area contributed by atoms with Crippen molar-refractivity contribution in [3.05, 3.63) is 116 Å². The van der Waals surface area contributed by atoms with Gasteiger partial charge < -0.3 is 15.1 Å². The Bertz CT molecular complexity index is 2130. The highest BCUT2D eigenvalue weighted by atomic mass is 32.1. The van der Waals surface area contributed by atoms with Crippen molar-refractivity contribution < 1.29 is 23.2 Å². The van der Waals surface area contributed by atoms with E-state index in [0.29, 0.717) is 53.4 Å². The first-order valence-corrected chi connectivity index (χ1v) is 16.9. The molecule has 2 N–H and O–H groups in total. The first-order valence-electron chi connectivity index (χ1n) is 16.1. The molecule has 1 aliphatic heterocycles. The van der Waals surface area contributed by atoms with E-state index in [0.717, 1.165) is 36.1 Å². The standard InChI is InChI=1S/C36H36F2N6O5S/c1-41(18-8-20-42-19-7-13-30(42)45)21-27-31-33(46)44(25-9-4-3-5-10-25)36(48)43(22-26-28(37)11-6-12-29(26)38)34(31)50-32(27)23-14-16-24(17-15-23)39-35(47)40-49-2/h3-6,9-12,14-17H,7-8,13,18-22H2,1-2H3,(H2,39,40,47). The van der Waals surface area contributed by atoms with Gasteiger partial charge in [0.25, 0.3) is 5.56 Å². The number of carbonyl (C=O) groups excluding carboxylic acids is 2. The Labute approximate surface area is 290 Å². The number of nitrogens with zero attached hydrogens (tertiary/aromatic N) is 4. The average molecular weight is 703 g/mol. The fourth-order valence-electron chi connectivity index (χ4n) is 6.21. The number of hydroxylamine groups is 1. The molecule has 50 heavy (non-hydrogen) atoms. The van der Waals surface area contributed by atoms with Crippen LogP contribution in [0, 0.1) is 11.6 Å². The van der Waals surface area contributed by atoms with Gasteiger partial charge in [0.2, 0.25) is 5.91 Å². The number of thiophene rings is 1. The largest absolute Gasteiger partial charge is 0.343 e. The molecular weight excluding hydrogens is 666 g/mol. The Balaban J connectivity index is 1.50. The van der Waals surface area contributed by atoms with Gasteiger partial charge in [-0.25, -0.2) is 28.4 Å². The summed E-state index contributed by atoms with van der Waals surface area (Å²) >= 11 is 1.19. The van der Waals surface area contributed by atoms with E-state index in [9.17, 15) is 19.2 Å². The number of halogens is 2. The van der Waals surface area contributed by atoms with E-state index in [-0.39, 0.29) is 21.7 Å². The number of urea groups is 1. The molecular formula is C36H36F2N6O5S. The summed E-state index contributed by atoms with van der Waals surface area (Å²) in [5.41, 5.74) is 2.75. The van der Waals surface area contributed by atoms with Crippen molar-refractivity contribution in [3.63, 3.8) is 0 Å². The zero-order chi connectivity index (χ0) is 35.4. The molecule has 0 spiro atoms. The number of likely N-dealkylation sites (tertiary alicyclic amines) is 1. The monoisotopic (exact) mass is 702 g/mol. The molecule has 0 aliphatic carbocycles. The van der Waals surface area contributed by atoms with Gasteiger partial charge in [0.15, 0.2) is 0 Å². The van der Waals surface area contributed by atoms with Crippen LogP contribution in [0.25, 0.3) is 26.3 Å². The Hall–Kier alpha value is -5.18. The van der Waals surface area contributed by atoms with Gasteiger partial charge >= 0.3 is 11.7 Å². The maximum absolute atomic E-state index is 15.0. The highest BCUT2D eigenvalue weighted by Crippen LogP contribution is 2.38. The van der Waals surface area contributed by atoms with Crippen LogP contribution < -0.4 is 22.0 Å². The van der Waals surface area contributed by atoms with Crippen LogP contribution in [-0.4, -0.2) is 64.7 Å². The first kappa shape index (κ1) is 34.7. The number of carbonyl (C=O) groups is 2. The molecule has 11 nitrogen and oxygen atoms in total. The van der Waals surface area contributed by atoms with E-state index >= 15 is 8.78 Å². The molecule has 3 heterocycles. The summed E-state index contributed by atoms with van der Waals surface area (Å²) in [5, 5.41) is 2.91. The van der Waals surface area contributed by atoms with Crippen LogP contribution in [0.2, 0.25) is 0 Å². The Kier molecular flexibility index (Phi) is 10.5. The van der Waals surface area contributed by atoms with Gasteiger partial charge in [-0.05, 0) is 74.0 Å². The molecule has 0 saturated carbocycles. The number of benzene rings is 3. The predicted octanol–water partition coefficient (Wildman–Crippen LogP) is 5.33. The van der Waals surface area contributed by atoms with Gasteiger partial charge in [0.05, 0.1) is 24.7 Å². The topological polar surface area (TPSA) is 118 Å². The minimum absolute atomic E-state index is 0.155. The number of rotatable bonds is 12. The lowest BCUT2D eigenvalue weighted by Gasteiger charge is -2.20. The second kappa shape index (κ2) is 15.2. The first-order chi connectivity index (χ1) is 24.2. The third-order valence-electron chi connectivity index (χ3n) is 8.63. The van der Waals surface area contributed by atoms with Crippen molar-refractivity contribution in [2.24, 2.45) is 0 Å². The second-order valence-electron chi connectivity index (χ2n) is 12.0. The highest BCUT2D eigenvalue weighted by molar-refractivity contribution is 7.22. The molecule has 0 atom stereocenters. The molecule has 3 amide bonds. The van der Waals surface area contributed by atoms with Gasteiger partial charge in [0, 0.05) is 42.2 Å². The fourth-order valence-corrected chi connectivity index (χ4v) is 7.52. The van der Waals surface area contributed by atoms with Crippen LogP contribution in [0.3, 0.4) is 0 Å². The molecule has 6 rings (SSSR count). The smallest absolute Gasteiger partial charge is 0.343 e. The number of amides is 3. The Morgan fingerprint density at radius 2 is 1.68 bits per heavy atom. The van der Waals surface area contributed by atoms with E-state index in [1.807, 2.05) is 11.9 Å². The van der Waals surface area contributed by atoms with Gasteiger partial charge in [-0.2, -0.15) is 0 Å². The zero-order valence-corrected chi connectivity index (χ0v) is 28.4. The minimum atomic E-state index is -0.809. The predicted molar refractivity (Wildman–Crippen MR) is 189 cm³/mol. The third-order valence-corrected chi connectivity index (χ3v) is 9.94. The molecule has 1 fully saturated rings. The molecule has 14 heteroatoms. The van der Waals surface area contributed by atoms with Gasteiger partial charge in [-0.3, -0.25) is 19.0 Å². The third kappa shape index (κ3) is 7.22. The number of nitrogens with one attached hydrogen (secondary N) is 2. The number of hydrogen-bond donors (Lipinski definition) is 2. The molecule has 1 aliphatic rings. The van der Waals surface area contributed by atoms with Crippen molar-refractivity contribution in [1.29, 1.82) is 0 Å². The summed E-state index contributed by atoms with van der Waals surface area (Å²) < 4.78 is 32.4. The Morgan fingerprint density at radius 1 is 0.960 bits per heavy atom. The lowest BCUT2D eigenvalue weighted by atomic mass is 10.1. The van der Waals surface area contributed by atoms with Crippen LogP contribution in [0.1, 0.15) is 30.4 Å². The summed E-state index contributed by atoms with van der Waals surface area (Å²) in [4.78, 5) is 62.4. The maximum Gasteiger partial charge on any atom is 0.343 e. The van der Waals surface area contributed by atoms with Crippen LogP contribution in [0.5, 0.6) is 0 Å². The molecule has 0 unspecified atom stereocenters. The number of anilines is 1. The summed E-state index contributed by atoms with van der Waals surface area (Å²) in [6.45, 7) is 1.84. The summed E-state index contributed by atoms with van der Waals surface area (Å²) in [7, 11) is 3.24. The van der Waals surface area contributed by atoms with Gasteiger partial charge in [0.1, 0.15) is 16.5 Å². The average Bonchev–Trinajstić information content (AvgIpc) is 3.68. The van der Waals surface area contributed by atoms with Crippen LogP contribution in [0.15, 0.2) is 82.4 Å². The summed E-state index contributed by atoms with van der Waals surface area (Å²) in [6.07, 6.45) is 2.14. The van der Waals surface area contributed by atoms with E-state index in [2.05, 4.69) is 20.5 Å². The van der Waals surface area contributed by atoms with Crippen molar-refractivity contribution >= 4 is 39.2 Å². The molecule has 0 bridgehead atoms. The molecule has 2 aromatic heterocycles. The fraction of sp³-hybridized carbons (Fsp3) is 0.278. The normalized spacial score (nSPS) is 13.1. The zero-order valence-electron chi connectivity index (χ0n) is 27.6. The lowest BCUT2D eigenvalue weighted by Crippen LogP contribution is -2.39. The number of fused-ring (bicyclic) bond motifs is 1. The van der Waals surface area contributed by atoms with Crippen LogP contribution >= 0.6 is 11.3 Å². The summed E-state index contributed by atoms with van der Waals surface area (Å²) in [6, 6.07) is 18.3. The van der Waals surface area contributed by atoms with Crippen molar-refractivity contribution in [2.45, 2.75) is 32.4 Å². The molecule has 260 valence electrons. The maximum atomic E-state index is 15.0. The van der Waals surface area contributed by atoms with E-state index < -0.39 is 35.5 Å². The van der Waals surface area contributed by atoms with Crippen molar-refractivity contribution in [2.75, 3.05) is 39.1 Å². The summed E-state index contributed by atoms with van der Waals surface area (Å²) in [5.74, 6) is -1.46. The second-order valence-corrected chi connectivity index (χ2v) is 13.0. The number of hydrogen-bond acceptors (Lipinski definition) is 7. The number of para-hydroxylation sites is 1. The van der Waals surface area contributed by atoms with Crippen LogP contribution in [0.4, 0.5) is 19.3 Å². The Morgan fingerprint density at radius 3 is 2.34 bits per heavy atom. The SMILES string of the molecule is CONC(=O)Nc1ccc(-c2sc3c(c2CN(C)CCCN2CCCC2=O)c(=O)n(-c2ccccc2)c(=O)n3Cc2c(F)cccc2F)cc1. The lowest BCUT2D eigenvalue weighted by molar-refractivity contribution is -0.127. The number of aromatic nitrogens is 2. The molecule has 5 aromatic rings. The van der Waals surface area contributed by atoms with Crippen molar-refractivity contribution in [1.82, 2.24) is 24.4 Å². The quantitative estimate of drug-likeness (QED) is 0.170. The minimum Gasteiger partial charge on any atom is -0.343 e. The molecule has 3 aromatic carbocycles. The van der Waals surface area contributed by atoms with Gasteiger partial charge in [-0.15, -0.1) is 11.3 Å². The van der Waals surface area contributed by atoms with E-state index in [4.69, 9.17) is 0 Å². The molecule has 0 radical (unpaired) electrons. The van der Waals surface area contributed by atoms with Crippen LogP contribution in [-0.2, 0) is 22.7 Å².